The highest BCUT2D eigenvalue weighted by atomic mass is 79.9. The van der Waals surface area contributed by atoms with Crippen LogP contribution in [0.25, 0.3) is 11.3 Å². The molecule has 0 bridgehead atoms. The second-order valence-corrected chi connectivity index (χ2v) is 6.49. The van der Waals surface area contributed by atoms with Gasteiger partial charge in [0.05, 0.1) is 27.8 Å². The van der Waals surface area contributed by atoms with Crippen molar-refractivity contribution in [2.45, 2.75) is 0 Å². The van der Waals surface area contributed by atoms with Gasteiger partial charge in [0.25, 0.3) is 0 Å². The largest absolute Gasteiger partial charge is 0.495 e. The second kappa shape index (κ2) is 9.12. The Bertz CT molecular complexity index is 898. The fraction of sp³-hybridized carbons (Fsp3) is 0.190. The summed E-state index contributed by atoms with van der Waals surface area (Å²) in [5.74, 6) is 3.18. The number of nitrogens with zero attached hydrogens (tertiary/aromatic N) is 1. The van der Waals surface area contributed by atoms with Crippen LogP contribution in [0.2, 0.25) is 0 Å². The maximum absolute atomic E-state index is 5.98. The fourth-order valence-corrected chi connectivity index (χ4v) is 3.19. The predicted molar refractivity (Wildman–Crippen MR) is 108 cm³/mol. The van der Waals surface area contributed by atoms with Gasteiger partial charge in [-0.3, -0.25) is 0 Å². The summed E-state index contributed by atoms with van der Waals surface area (Å²) in [6, 6.07) is 11.2. The number of pyridine rings is 1. The quantitative estimate of drug-likeness (QED) is 0.490. The summed E-state index contributed by atoms with van der Waals surface area (Å²) in [4.78, 5) is 4.20. The monoisotopic (exact) mass is 445 g/mol. The highest BCUT2D eigenvalue weighted by Gasteiger charge is 2.18. The van der Waals surface area contributed by atoms with Gasteiger partial charge in [0.15, 0.2) is 0 Å². The summed E-state index contributed by atoms with van der Waals surface area (Å²) in [7, 11) is 6.39. The maximum Gasteiger partial charge on any atom is 0.212 e. The van der Waals surface area contributed by atoms with Crippen LogP contribution in [0, 0.1) is 12.5 Å². The van der Waals surface area contributed by atoms with Crippen LogP contribution in [0.4, 0.5) is 0 Å². The van der Waals surface area contributed by atoms with Gasteiger partial charge in [0.1, 0.15) is 33.6 Å². The van der Waals surface area contributed by atoms with Crippen LogP contribution in [-0.2, 0) is 4.74 Å². The van der Waals surface area contributed by atoms with Gasteiger partial charge in [-0.15, -0.1) is 0 Å². The predicted octanol–water partition coefficient (Wildman–Crippen LogP) is 4.91. The third-order valence-corrected chi connectivity index (χ3v) is 4.86. The average Bonchev–Trinajstić information content (AvgIpc) is 3.21. The molecule has 2 heterocycles. The van der Waals surface area contributed by atoms with Gasteiger partial charge in [-0.25, -0.2) is 4.98 Å². The summed E-state index contributed by atoms with van der Waals surface area (Å²) < 4.78 is 28.1. The molecule has 3 rings (SSSR count). The van der Waals surface area contributed by atoms with Gasteiger partial charge in [-0.1, -0.05) is 0 Å². The van der Waals surface area contributed by atoms with Gasteiger partial charge in [-0.2, -0.15) is 0 Å². The van der Waals surface area contributed by atoms with E-state index < -0.39 is 0 Å². The molecule has 0 N–H and O–H groups in total. The summed E-state index contributed by atoms with van der Waals surface area (Å²) in [5, 5.41) is 0. The van der Waals surface area contributed by atoms with Crippen molar-refractivity contribution in [1.82, 2.24) is 4.98 Å². The fourth-order valence-electron chi connectivity index (χ4n) is 2.63. The Kier molecular flexibility index (Phi) is 6.59. The number of furan rings is 1. The van der Waals surface area contributed by atoms with E-state index in [0.717, 1.165) is 15.6 Å². The Morgan fingerprint density at radius 1 is 0.964 bits per heavy atom. The number of rotatable bonds is 8. The molecular weight excluding hydrogens is 426 g/mol. The topological polar surface area (TPSA) is 63.0 Å². The lowest BCUT2D eigenvalue weighted by molar-refractivity contribution is 0.242. The Balaban J connectivity index is 1.83. The number of ether oxygens (including phenoxy) is 4. The molecule has 2 aromatic heterocycles. The molecule has 28 heavy (non-hydrogen) atoms. The van der Waals surface area contributed by atoms with Crippen LogP contribution in [0.15, 0.2) is 51.5 Å². The van der Waals surface area contributed by atoms with Crippen LogP contribution in [0.3, 0.4) is 0 Å². The number of hydrogen-bond acceptors (Lipinski definition) is 6. The van der Waals surface area contributed by atoms with Crippen molar-refractivity contribution in [1.29, 1.82) is 0 Å². The number of hydrogen-bond donors (Lipinski definition) is 0. The molecule has 3 aromatic rings. The van der Waals surface area contributed by atoms with Crippen LogP contribution >= 0.6 is 15.9 Å². The maximum atomic E-state index is 5.98. The molecule has 0 spiro atoms. The minimum atomic E-state index is 0.539. The van der Waals surface area contributed by atoms with Crippen molar-refractivity contribution in [3.05, 3.63) is 70.9 Å². The third-order valence-electron chi connectivity index (χ3n) is 4.08. The van der Waals surface area contributed by atoms with E-state index >= 15 is 0 Å². The Labute approximate surface area is 172 Å². The van der Waals surface area contributed by atoms with E-state index in [1.54, 1.807) is 47.1 Å². The molecule has 0 amide bonds. The number of halogens is 1. The number of benzene rings is 1. The standard InChI is InChI=1S/C21H20BrNO5/c1-24-17(13-5-8-20(27-4)23-12-13)11-15-6-7-16(28-15)14-9-18(25-2)21(22)19(10-14)26-3/h5-12H,1-4H3. The zero-order chi connectivity index (χ0) is 20.1. The lowest BCUT2D eigenvalue weighted by atomic mass is 10.1. The van der Waals surface area contributed by atoms with Gasteiger partial charge in [-0.05, 0) is 46.3 Å². The van der Waals surface area contributed by atoms with Crippen LogP contribution < -0.4 is 14.2 Å². The zero-order valence-electron chi connectivity index (χ0n) is 16.0. The minimum Gasteiger partial charge on any atom is -0.495 e. The van der Waals surface area contributed by atoms with Gasteiger partial charge < -0.3 is 23.4 Å². The van der Waals surface area contributed by atoms with E-state index in [4.69, 9.17) is 23.4 Å². The summed E-state index contributed by atoms with van der Waals surface area (Å²) in [6.45, 7) is 0. The smallest absolute Gasteiger partial charge is 0.212 e. The molecular formula is C21H20BrNO5. The first-order valence-corrected chi connectivity index (χ1v) is 9.16. The van der Waals surface area contributed by atoms with Crippen LogP contribution in [0.1, 0.15) is 11.3 Å². The first-order valence-electron chi connectivity index (χ1n) is 8.37. The number of aromatic nitrogens is 1. The molecule has 7 heteroatoms. The Hall–Kier alpha value is -2.51. The summed E-state index contributed by atoms with van der Waals surface area (Å²) in [6.07, 6.45) is 4.12. The zero-order valence-corrected chi connectivity index (χ0v) is 17.6. The average molecular weight is 446 g/mol. The molecule has 0 saturated carbocycles. The lowest BCUT2D eigenvalue weighted by Gasteiger charge is -2.13. The van der Waals surface area contributed by atoms with E-state index in [1.807, 2.05) is 30.3 Å². The van der Waals surface area contributed by atoms with Crippen LogP contribution in [0.5, 0.6) is 17.4 Å². The van der Waals surface area contributed by atoms with E-state index in [1.165, 1.54) is 0 Å². The van der Waals surface area contributed by atoms with Gasteiger partial charge >= 0.3 is 0 Å². The van der Waals surface area contributed by atoms with Gasteiger partial charge in [0.2, 0.25) is 5.88 Å². The first kappa shape index (κ1) is 20.2. The normalized spacial score (nSPS) is 10.9. The summed E-state index contributed by atoms with van der Waals surface area (Å²) in [5.41, 5.74) is 1.65. The second-order valence-electron chi connectivity index (χ2n) is 5.70. The van der Waals surface area contributed by atoms with Crippen LogP contribution in [-0.4, -0.2) is 33.4 Å². The third kappa shape index (κ3) is 4.31. The SMILES string of the molecule is CO[C]([CH]c1ccc(-c2cc(OC)c(Br)c(OC)c2)o1)c1ccc(OC)nc1. The van der Waals surface area contributed by atoms with Crippen molar-refractivity contribution < 1.29 is 23.4 Å². The Morgan fingerprint density at radius 2 is 1.68 bits per heavy atom. The molecule has 0 fully saturated rings. The molecule has 0 aliphatic rings. The molecule has 0 unspecified atom stereocenters. The minimum absolute atomic E-state index is 0.539. The molecule has 2 radical (unpaired) electrons. The van der Waals surface area contributed by atoms with Crippen molar-refractivity contribution in [2.75, 3.05) is 28.4 Å². The number of methoxy groups -OCH3 is 4. The molecule has 6 nitrogen and oxygen atoms in total. The molecule has 146 valence electrons. The first-order chi connectivity index (χ1) is 13.6. The highest BCUT2D eigenvalue weighted by molar-refractivity contribution is 9.10. The van der Waals surface area contributed by atoms with E-state index in [2.05, 4.69) is 20.9 Å². The van der Waals surface area contributed by atoms with Crippen molar-refractivity contribution >= 4 is 15.9 Å². The van der Waals surface area contributed by atoms with Crippen molar-refractivity contribution in [3.8, 4) is 28.7 Å². The van der Waals surface area contributed by atoms with E-state index in [0.29, 0.717) is 35.0 Å². The van der Waals surface area contributed by atoms with E-state index in [9.17, 15) is 0 Å². The molecule has 0 atom stereocenters. The van der Waals surface area contributed by atoms with Crippen molar-refractivity contribution in [3.63, 3.8) is 0 Å². The molecule has 1 aromatic carbocycles. The summed E-state index contributed by atoms with van der Waals surface area (Å²) >= 11 is 3.47. The molecule has 0 saturated heterocycles. The van der Waals surface area contributed by atoms with Crippen molar-refractivity contribution in [2.24, 2.45) is 0 Å². The molecule has 0 aliphatic carbocycles. The highest BCUT2D eigenvalue weighted by Crippen LogP contribution is 2.39. The molecule has 0 aliphatic heterocycles. The lowest BCUT2D eigenvalue weighted by Crippen LogP contribution is -2.04. The van der Waals surface area contributed by atoms with Gasteiger partial charge in [0, 0.05) is 30.5 Å². The Morgan fingerprint density at radius 3 is 2.21 bits per heavy atom. The van der Waals surface area contributed by atoms with E-state index in [-0.39, 0.29) is 0 Å².